The van der Waals surface area contributed by atoms with Gasteiger partial charge in [0.15, 0.2) is 0 Å². The van der Waals surface area contributed by atoms with Crippen LogP contribution in [0.2, 0.25) is 0 Å². The zero-order chi connectivity index (χ0) is 13.9. The minimum absolute atomic E-state index is 0.104. The third kappa shape index (κ3) is 2.99. The number of nitrogens with zero attached hydrogens (tertiary/aromatic N) is 1. The van der Waals surface area contributed by atoms with Gasteiger partial charge in [-0.15, -0.1) is 0 Å². The summed E-state index contributed by atoms with van der Waals surface area (Å²) in [5.41, 5.74) is 1.15. The van der Waals surface area contributed by atoms with Crippen LogP contribution in [0.5, 0.6) is 0 Å². The summed E-state index contributed by atoms with van der Waals surface area (Å²) >= 11 is 0. The van der Waals surface area contributed by atoms with Gasteiger partial charge in [0.05, 0.1) is 11.5 Å². The number of benzene rings is 1. The molecule has 0 unspecified atom stereocenters. The van der Waals surface area contributed by atoms with E-state index in [2.05, 4.69) is 6.92 Å². The minimum atomic E-state index is -3.46. The number of aryl methyl sites for hydroxylation is 1. The quantitative estimate of drug-likeness (QED) is 0.896. The number of sulfonamides is 1. The third-order valence-electron chi connectivity index (χ3n) is 3.60. The Hall–Kier alpha value is -0.910. The molecule has 1 aromatic rings. The van der Waals surface area contributed by atoms with Crippen LogP contribution in [0, 0.1) is 0 Å². The molecule has 1 aliphatic heterocycles. The van der Waals surface area contributed by atoms with E-state index >= 15 is 0 Å². The maximum Gasteiger partial charge on any atom is 0.243 e. The van der Waals surface area contributed by atoms with Gasteiger partial charge in [0.25, 0.3) is 0 Å². The van der Waals surface area contributed by atoms with Crippen molar-refractivity contribution in [2.24, 2.45) is 0 Å². The lowest BCUT2D eigenvalue weighted by molar-refractivity contribution is 0.213. The first-order valence-electron chi connectivity index (χ1n) is 6.81. The van der Waals surface area contributed by atoms with Gasteiger partial charge >= 0.3 is 0 Å². The second kappa shape index (κ2) is 6.03. The summed E-state index contributed by atoms with van der Waals surface area (Å²) in [4.78, 5) is 0.327. The number of rotatable bonds is 5. The first kappa shape index (κ1) is 14.5. The van der Waals surface area contributed by atoms with E-state index < -0.39 is 10.0 Å². The molecule has 1 saturated heterocycles. The van der Waals surface area contributed by atoms with E-state index in [1.165, 1.54) is 4.31 Å². The molecular formula is C14H21NO3S. The Kier molecular flexibility index (Phi) is 4.60. The van der Waals surface area contributed by atoms with Gasteiger partial charge in [-0.2, -0.15) is 4.31 Å². The Bertz CT molecular complexity index is 510. The molecule has 1 heterocycles. The van der Waals surface area contributed by atoms with Crippen molar-refractivity contribution in [2.75, 3.05) is 13.2 Å². The third-order valence-corrected chi connectivity index (χ3v) is 5.57. The van der Waals surface area contributed by atoms with Crippen LogP contribution in [0.1, 0.15) is 31.7 Å². The monoisotopic (exact) mass is 283 g/mol. The van der Waals surface area contributed by atoms with Crippen molar-refractivity contribution in [3.05, 3.63) is 29.8 Å². The highest BCUT2D eigenvalue weighted by atomic mass is 32.2. The second-order valence-electron chi connectivity index (χ2n) is 4.99. The molecule has 106 valence electrons. The van der Waals surface area contributed by atoms with Crippen LogP contribution in [0.15, 0.2) is 29.2 Å². The van der Waals surface area contributed by atoms with Crippen molar-refractivity contribution in [2.45, 2.75) is 43.5 Å². The topological polar surface area (TPSA) is 57.6 Å². The molecule has 1 aromatic carbocycles. The SMILES string of the molecule is CCCc1ccc(S(=O)(=O)N2CCC[C@@H]2CO)cc1. The van der Waals surface area contributed by atoms with Crippen LogP contribution in [0.4, 0.5) is 0 Å². The van der Waals surface area contributed by atoms with Crippen LogP contribution < -0.4 is 0 Å². The highest BCUT2D eigenvalue weighted by Gasteiger charge is 2.34. The number of hydrogen-bond donors (Lipinski definition) is 1. The fourth-order valence-corrected chi connectivity index (χ4v) is 4.25. The fourth-order valence-electron chi connectivity index (χ4n) is 2.56. The van der Waals surface area contributed by atoms with Crippen LogP contribution in [0.3, 0.4) is 0 Å². The summed E-state index contributed by atoms with van der Waals surface area (Å²) in [6, 6.07) is 6.83. The molecule has 0 saturated carbocycles. The molecule has 0 bridgehead atoms. The Morgan fingerprint density at radius 2 is 2.00 bits per heavy atom. The lowest BCUT2D eigenvalue weighted by Gasteiger charge is -2.22. The van der Waals surface area contributed by atoms with Gasteiger partial charge in [0.1, 0.15) is 0 Å². The Balaban J connectivity index is 2.24. The maximum atomic E-state index is 12.5. The second-order valence-corrected chi connectivity index (χ2v) is 6.88. The highest BCUT2D eigenvalue weighted by molar-refractivity contribution is 7.89. The van der Waals surface area contributed by atoms with Crippen molar-refractivity contribution in [3.63, 3.8) is 0 Å². The minimum Gasteiger partial charge on any atom is -0.395 e. The smallest absolute Gasteiger partial charge is 0.243 e. The highest BCUT2D eigenvalue weighted by Crippen LogP contribution is 2.26. The molecule has 1 aliphatic rings. The van der Waals surface area contributed by atoms with Crippen LogP contribution in [-0.2, 0) is 16.4 Å². The summed E-state index contributed by atoms with van der Waals surface area (Å²) in [5, 5.41) is 9.25. The van der Waals surface area contributed by atoms with Crippen molar-refractivity contribution >= 4 is 10.0 Å². The molecule has 1 fully saturated rings. The molecule has 0 radical (unpaired) electrons. The Morgan fingerprint density at radius 1 is 1.32 bits per heavy atom. The molecule has 19 heavy (non-hydrogen) atoms. The molecule has 0 spiro atoms. The van der Waals surface area contributed by atoms with Crippen molar-refractivity contribution in [3.8, 4) is 0 Å². The predicted octanol–water partition coefficient (Wildman–Crippen LogP) is 1.78. The van der Waals surface area contributed by atoms with Crippen molar-refractivity contribution < 1.29 is 13.5 Å². The number of hydrogen-bond acceptors (Lipinski definition) is 3. The summed E-state index contributed by atoms with van der Waals surface area (Å²) in [6.07, 6.45) is 3.57. The first-order chi connectivity index (χ1) is 9.09. The Morgan fingerprint density at radius 3 is 2.58 bits per heavy atom. The molecule has 0 amide bonds. The van der Waals surface area contributed by atoms with Crippen LogP contribution in [0.25, 0.3) is 0 Å². The lowest BCUT2D eigenvalue weighted by Crippen LogP contribution is -2.37. The van der Waals surface area contributed by atoms with Gasteiger partial charge in [-0.1, -0.05) is 25.5 Å². The van der Waals surface area contributed by atoms with E-state index in [9.17, 15) is 13.5 Å². The van der Waals surface area contributed by atoms with Gasteiger partial charge in [-0.25, -0.2) is 8.42 Å². The van der Waals surface area contributed by atoms with Crippen molar-refractivity contribution in [1.82, 2.24) is 4.31 Å². The van der Waals surface area contributed by atoms with Gasteiger partial charge in [0.2, 0.25) is 10.0 Å². The van der Waals surface area contributed by atoms with E-state index in [4.69, 9.17) is 0 Å². The molecule has 0 aromatic heterocycles. The van der Waals surface area contributed by atoms with Crippen LogP contribution >= 0.6 is 0 Å². The van der Waals surface area contributed by atoms with Gasteiger partial charge < -0.3 is 5.11 Å². The summed E-state index contributed by atoms with van der Waals surface area (Å²) in [7, 11) is -3.46. The van der Waals surface area contributed by atoms with Gasteiger partial charge in [-0.3, -0.25) is 0 Å². The van der Waals surface area contributed by atoms with E-state index in [0.29, 0.717) is 11.4 Å². The molecule has 0 aliphatic carbocycles. The average molecular weight is 283 g/mol. The zero-order valence-corrected chi connectivity index (χ0v) is 12.1. The predicted molar refractivity (Wildman–Crippen MR) is 74.4 cm³/mol. The standard InChI is InChI=1S/C14H21NO3S/c1-2-4-12-6-8-14(9-7-12)19(17,18)15-10-3-5-13(15)11-16/h6-9,13,16H,2-5,10-11H2,1H3/t13-/m1/s1. The molecular weight excluding hydrogens is 262 g/mol. The number of aliphatic hydroxyl groups excluding tert-OH is 1. The first-order valence-corrected chi connectivity index (χ1v) is 8.25. The maximum absolute atomic E-state index is 12.5. The summed E-state index contributed by atoms with van der Waals surface area (Å²) in [5.74, 6) is 0. The Labute approximate surface area is 115 Å². The largest absolute Gasteiger partial charge is 0.395 e. The molecule has 1 atom stereocenters. The van der Waals surface area contributed by atoms with E-state index in [1.54, 1.807) is 12.1 Å². The molecule has 2 rings (SSSR count). The zero-order valence-electron chi connectivity index (χ0n) is 11.2. The van der Waals surface area contributed by atoms with Gasteiger partial charge in [0, 0.05) is 12.6 Å². The molecule has 5 heteroatoms. The number of aliphatic hydroxyl groups is 1. The average Bonchev–Trinajstić information content (AvgIpc) is 2.89. The van der Waals surface area contributed by atoms with Gasteiger partial charge in [-0.05, 0) is 37.0 Å². The normalized spacial score (nSPS) is 20.8. The fraction of sp³-hybridized carbons (Fsp3) is 0.571. The van der Waals surface area contributed by atoms with Crippen molar-refractivity contribution in [1.29, 1.82) is 0 Å². The lowest BCUT2D eigenvalue weighted by atomic mass is 10.1. The molecule has 4 nitrogen and oxygen atoms in total. The summed E-state index contributed by atoms with van der Waals surface area (Å²) in [6.45, 7) is 2.50. The van der Waals surface area contributed by atoms with E-state index in [1.807, 2.05) is 12.1 Å². The van der Waals surface area contributed by atoms with Crippen LogP contribution in [-0.4, -0.2) is 37.0 Å². The summed E-state index contributed by atoms with van der Waals surface area (Å²) < 4.78 is 26.4. The van der Waals surface area contributed by atoms with E-state index in [0.717, 1.165) is 31.2 Å². The van der Waals surface area contributed by atoms with E-state index in [-0.39, 0.29) is 12.6 Å². The molecule has 1 N–H and O–H groups in total.